The number of carbonyl (C=O) groups is 1. The van der Waals surface area contributed by atoms with E-state index in [4.69, 9.17) is 15.6 Å². The third-order valence-electron chi connectivity index (χ3n) is 1.70. The summed E-state index contributed by atoms with van der Waals surface area (Å²) >= 11 is 0. The van der Waals surface area contributed by atoms with Crippen molar-refractivity contribution in [1.29, 1.82) is 0 Å². The van der Waals surface area contributed by atoms with E-state index in [0.29, 0.717) is 13.0 Å². The zero-order valence-electron chi connectivity index (χ0n) is 5.67. The van der Waals surface area contributed by atoms with Gasteiger partial charge in [-0.3, -0.25) is 4.79 Å². The molecule has 0 spiro atoms. The predicted octanol–water partition coefficient (Wildman–Crippen LogP) is -0.421. The highest BCUT2D eigenvalue weighted by Gasteiger charge is 2.35. The van der Waals surface area contributed by atoms with Crippen LogP contribution in [-0.4, -0.2) is 29.8 Å². The van der Waals surface area contributed by atoms with Crippen molar-refractivity contribution < 1.29 is 14.6 Å². The minimum atomic E-state index is -1.13. The minimum absolute atomic E-state index is 0.141. The SMILES string of the molecule is N[C@]1(C(=O)O)CCCOC1. The van der Waals surface area contributed by atoms with Crippen LogP contribution in [0.5, 0.6) is 0 Å². The first-order valence-electron chi connectivity index (χ1n) is 3.25. The summed E-state index contributed by atoms with van der Waals surface area (Å²) in [5.74, 6) is -0.966. The molecule has 3 N–H and O–H groups in total. The first kappa shape index (κ1) is 7.50. The second kappa shape index (κ2) is 2.56. The Balaban J connectivity index is 2.56. The molecule has 0 bridgehead atoms. The molecule has 0 aliphatic carbocycles. The monoisotopic (exact) mass is 145 g/mol. The van der Waals surface area contributed by atoms with E-state index in [0.717, 1.165) is 6.42 Å². The zero-order valence-corrected chi connectivity index (χ0v) is 5.67. The molecule has 1 heterocycles. The fraction of sp³-hybridized carbons (Fsp3) is 0.833. The number of aliphatic carboxylic acids is 1. The van der Waals surface area contributed by atoms with Crippen LogP contribution in [0.4, 0.5) is 0 Å². The third kappa shape index (κ3) is 1.27. The summed E-state index contributed by atoms with van der Waals surface area (Å²) in [5.41, 5.74) is 4.35. The zero-order chi connectivity index (χ0) is 7.61. The number of nitrogens with two attached hydrogens (primary N) is 1. The van der Waals surface area contributed by atoms with E-state index in [1.54, 1.807) is 0 Å². The first-order chi connectivity index (χ1) is 4.65. The standard InChI is InChI=1S/C6H11NO3/c7-6(5(8)9)2-1-3-10-4-6/h1-4,7H2,(H,8,9)/t6-/m1/s1. The van der Waals surface area contributed by atoms with Crippen molar-refractivity contribution in [2.24, 2.45) is 5.73 Å². The average molecular weight is 145 g/mol. The summed E-state index contributed by atoms with van der Waals surface area (Å²) in [6.45, 7) is 0.772. The van der Waals surface area contributed by atoms with Gasteiger partial charge in [0.2, 0.25) is 0 Å². The number of hydrogen-bond acceptors (Lipinski definition) is 3. The van der Waals surface area contributed by atoms with Gasteiger partial charge in [-0.2, -0.15) is 0 Å². The van der Waals surface area contributed by atoms with E-state index in [1.165, 1.54) is 0 Å². The molecule has 0 aromatic rings. The third-order valence-corrected chi connectivity index (χ3v) is 1.70. The van der Waals surface area contributed by atoms with Crippen molar-refractivity contribution in [2.75, 3.05) is 13.2 Å². The molecule has 58 valence electrons. The van der Waals surface area contributed by atoms with Crippen molar-refractivity contribution in [2.45, 2.75) is 18.4 Å². The fourth-order valence-corrected chi connectivity index (χ4v) is 0.985. The Morgan fingerprint density at radius 3 is 2.70 bits per heavy atom. The average Bonchev–Trinajstić information content (AvgIpc) is 1.89. The number of ether oxygens (including phenoxy) is 1. The van der Waals surface area contributed by atoms with Crippen LogP contribution in [0.2, 0.25) is 0 Å². The van der Waals surface area contributed by atoms with Gasteiger partial charge in [0.25, 0.3) is 0 Å². The lowest BCUT2D eigenvalue weighted by Gasteiger charge is -2.28. The second-order valence-corrected chi connectivity index (χ2v) is 2.62. The van der Waals surface area contributed by atoms with Crippen molar-refractivity contribution in [3.63, 3.8) is 0 Å². The summed E-state index contributed by atoms with van der Waals surface area (Å²) in [5, 5.41) is 8.59. The van der Waals surface area contributed by atoms with Crippen LogP contribution >= 0.6 is 0 Å². The van der Waals surface area contributed by atoms with E-state index < -0.39 is 11.5 Å². The van der Waals surface area contributed by atoms with Gasteiger partial charge in [-0.05, 0) is 12.8 Å². The number of carboxylic acids is 1. The highest BCUT2D eigenvalue weighted by Crippen LogP contribution is 2.15. The topological polar surface area (TPSA) is 72.6 Å². The Hall–Kier alpha value is -0.610. The minimum Gasteiger partial charge on any atom is -0.480 e. The number of rotatable bonds is 1. The van der Waals surface area contributed by atoms with Gasteiger partial charge in [0, 0.05) is 6.61 Å². The molecule has 1 rings (SSSR count). The van der Waals surface area contributed by atoms with Gasteiger partial charge in [0.05, 0.1) is 6.61 Å². The molecule has 1 aliphatic rings. The van der Waals surface area contributed by atoms with Gasteiger partial charge >= 0.3 is 5.97 Å². The van der Waals surface area contributed by atoms with Gasteiger partial charge in [0.15, 0.2) is 0 Å². The predicted molar refractivity (Wildman–Crippen MR) is 34.6 cm³/mol. The van der Waals surface area contributed by atoms with Gasteiger partial charge in [-0.25, -0.2) is 0 Å². The van der Waals surface area contributed by atoms with Crippen LogP contribution in [0.1, 0.15) is 12.8 Å². The molecule has 4 nitrogen and oxygen atoms in total. The molecule has 0 saturated carbocycles. The second-order valence-electron chi connectivity index (χ2n) is 2.62. The molecular formula is C6H11NO3. The Bertz CT molecular complexity index is 140. The lowest BCUT2D eigenvalue weighted by Crippen LogP contribution is -2.54. The Morgan fingerprint density at radius 2 is 2.40 bits per heavy atom. The Labute approximate surface area is 59.0 Å². The molecule has 0 aromatic carbocycles. The lowest BCUT2D eigenvalue weighted by atomic mass is 9.94. The fourth-order valence-electron chi connectivity index (χ4n) is 0.985. The van der Waals surface area contributed by atoms with Gasteiger partial charge < -0.3 is 15.6 Å². The van der Waals surface area contributed by atoms with Crippen LogP contribution in [0, 0.1) is 0 Å². The first-order valence-corrected chi connectivity index (χ1v) is 3.25. The van der Waals surface area contributed by atoms with E-state index in [9.17, 15) is 4.79 Å². The van der Waals surface area contributed by atoms with Crippen LogP contribution in [0.15, 0.2) is 0 Å². The molecular weight excluding hydrogens is 134 g/mol. The molecule has 1 saturated heterocycles. The molecule has 1 atom stereocenters. The summed E-state index contributed by atoms with van der Waals surface area (Å²) < 4.78 is 4.94. The van der Waals surface area contributed by atoms with E-state index >= 15 is 0 Å². The molecule has 0 amide bonds. The number of hydrogen-bond donors (Lipinski definition) is 2. The van der Waals surface area contributed by atoms with Crippen molar-refractivity contribution in [3.05, 3.63) is 0 Å². The highest BCUT2D eigenvalue weighted by atomic mass is 16.5. The Morgan fingerprint density at radius 1 is 1.70 bits per heavy atom. The lowest BCUT2D eigenvalue weighted by molar-refractivity contribution is -0.148. The highest BCUT2D eigenvalue weighted by molar-refractivity contribution is 5.78. The van der Waals surface area contributed by atoms with Crippen LogP contribution in [-0.2, 0) is 9.53 Å². The maximum atomic E-state index is 10.5. The maximum absolute atomic E-state index is 10.5. The van der Waals surface area contributed by atoms with Crippen LogP contribution in [0.3, 0.4) is 0 Å². The van der Waals surface area contributed by atoms with Gasteiger partial charge in [-0.1, -0.05) is 0 Å². The number of carboxylic acid groups (broad SMARTS) is 1. The van der Waals surface area contributed by atoms with Gasteiger partial charge in [0.1, 0.15) is 5.54 Å². The van der Waals surface area contributed by atoms with Crippen molar-refractivity contribution in [3.8, 4) is 0 Å². The van der Waals surface area contributed by atoms with Crippen LogP contribution < -0.4 is 5.73 Å². The van der Waals surface area contributed by atoms with Crippen molar-refractivity contribution in [1.82, 2.24) is 0 Å². The maximum Gasteiger partial charge on any atom is 0.326 e. The summed E-state index contributed by atoms with van der Waals surface area (Å²) in [6, 6.07) is 0. The van der Waals surface area contributed by atoms with Gasteiger partial charge in [-0.15, -0.1) is 0 Å². The molecule has 1 aliphatic heterocycles. The molecule has 0 aromatic heterocycles. The molecule has 4 heteroatoms. The summed E-state index contributed by atoms with van der Waals surface area (Å²) in [6.07, 6.45) is 1.26. The summed E-state index contributed by atoms with van der Waals surface area (Å²) in [7, 11) is 0. The Kier molecular flexibility index (Phi) is 1.92. The van der Waals surface area contributed by atoms with E-state index in [2.05, 4.69) is 0 Å². The molecule has 10 heavy (non-hydrogen) atoms. The van der Waals surface area contributed by atoms with Crippen LogP contribution in [0.25, 0.3) is 0 Å². The quantitative estimate of drug-likeness (QED) is 0.525. The van der Waals surface area contributed by atoms with E-state index in [-0.39, 0.29) is 6.61 Å². The summed E-state index contributed by atoms with van der Waals surface area (Å²) in [4.78, 5) is 10.5. The largest absolute Gasteiger partial charge is 0.480 e. The normalized spacial score (nSPS) is 33.7. The van der Waals surface area contributed by atoms with E-state index in [1.807, 2.05) is 0 Å². The molecule has 0 unspecified atom stereocenters. The smallest absolute Gasteiger partial charge is 0.326 e. The molecule has 0 radical (unpaired) electrons. The van der Waals surface area contributed by atoms with Crippen molar-refractivity contribution >= 4 is 5.97 Å². The molecule has 1 fully saturated rings.